The SMILES string of the molecule is CN=C(NCCC(C)C)NCC(C)(C)c1cccs1. The van der Waals surface area contributed by atoms with Crippen LogP contribution in [0.1, 0.15) is 39.0 Å². The summed E-state index contributed by atoms with van der Waals surface area (Å²) in [6, 6.07) is 4.30. The van der Waals surface area contributed by atoms with Gasteiger partial charge >= 0.3 is 0 Å². The van der Waals surface area contributed by atoms with Crippen LogP contribution in [0.5, 0.6) is 0 Å². The Bertz CT molecular complexity index is 380. The molecule has 4 heteroatoms. The van der Waals surface area contributed by atoms with Crippen molar-refractivity contribution in [2.75, 3.05) is 20.1 Å². The summed E-state index contributed by atoms with van der Waals surface area (Å²) < 4.78 is 0. The second-order valence-corrected chi connectivity index (χ2v) is 6.84. The molecule has 0 aromatic carbocycles. The Morgan fingerprint density at radius 2 is 2.11 bits per heavy atom. The number of aliphatic imine (C=N–C) groups is 1. The molecule has 1 aromatic heterocycles. The highest BCUT2D eigenvalue weighted by Gasteiger charge is 2.21. The zero-order valence-electron chi connectivity index (χ0n) is 12.8. The van der Waals surface area contributed by atoms with E-state index in [-0.39, 0.29) is 5.41 Å². The molecule has 0 unspecified atom stereocenters. The summed E-state index contributed by atoms with van der Waals surface area (Å²) in [4.78, 5) is 5.67. The molecule has 1 heterocycles. The molecule has 0 spiro atoms. The summed E-state index contributed by atoms with van der Waals surface area (Å²) >= 11 is 1.81. The van der Waals surface area contributed by atoms with Crippen molar-refractivity contribution < 1.29 is 0 Å². The van der Waals surface area contributed by atoms with Crippen LogP contribution in [-0.4, -0.2) is 26.1 Å². The van der Waals surface area contributed by atoms with E-state index in [1.165, 1.54) is 4.88 Å². The molecule has 0 radical (unpaired) electrons. The predicted octanol–water partition coefficient (Wildman–Crippen LogP) is 3.24. The molecule has 0 saturated heterocycles. The largest absolute Gasteiger partial charge is 0.356 e. The number of hydrogen-bond acceptors (Lipinski definition) is 2. The van der Waals surface area contributed by atoms with Crippen LogP contribution in [0.4, 0.5) is 0 Å². The zero-order chi connectivity index (χ0) is 14.3. The normalized spacial score (nSPS) is 12.8. The van der Waals surface area contributed by atoms with Gasteiger partial charge in [-0.15, -0.1) is 11.3 Å². The highest BCUT2D eigenvalue weighted by Crippen LogP contribution is 2.26. The van der Waals surface area contributed by atoms with Gasteiger partial charge in [0.15, 0.2) is 5.96 Å². The smallest absolute Gasteiger partial charge is 0.191 e. The standard InChI is InChI=1S/C15H27N3S/c1-12(2)8-9-17-14(16-5)18-11-15(3,4)13-7-6-10-19-13/h6-7,10,12H,8-9,11H2,1-5H3,(H2,16,17,18). The van der Waals surface area contributed by atoms with Crippen LogP contribution >= 0.6 is 11.3 Å². The van der Waals surface area contributed by atoms with E-state index in [1.807, 2.05) is 18.4 Å². The fourth-order valence-corrected chi connectivity index (χ4v) is 2.61. The summed E-state index contributed by atoms with van der Waals surface area (Å²) in [6.45, 7) is 10.8. The van der Waals surface area contributed by atoms with E-state index in [0.717, 1.165) is 25.5 Å². The van der Waals surface area contributed by atoms with Crippen molar-refractivity contribution in [3.63, 3.8) is 0 Å². The van der Waals surface area contributed by atoms with Gasteiger partial charge in [-0.2, -0.15) is 0 Å². The highest BCUT2D eigenvalue weighted by molar-refractivity contribution is 7.10. The third-order valence-electron chi connectivity index (χ3n) is 3.12. The summed E-state index contributed by atoms with van der Waals surface area (Å²) in [6.07, 6.45) is 1.16. The first-order valence-electron chi connectivity index (χ1n) is 6.94. The topological polar surface area (TPSA) is 36.4 Å². The van der Waals surface area contributed by atoms with Crippen LogP contribution in [0.25, 0.3) is 0 Å². The average Bonchev–Trinajstić information content (AvgIpc) is 2.87. The van der Waals surface area contributed by atoms with Gasteiger partial charge in [0.05, 0.1) is 0 Å². The fraction of sp³-hybridized carbons (Fsp3) is 0.667. The lowest BCUT2D eigenvalue weighted by molar-refractivity contribution is 0.514. The molecular weight excluding hydrogens is 254 g/mol. The lowest BCUT2D eigenvalue weighted by Crippen LogP contribution is -2.43. The quantitative estimate of drug-likeness (QED) is 0.620. The Morgan fingerprint density at radius 1 is 1.37 bits per heavy atom. The number of thiophene rings is 1. The molecule has 1 rings (SSSR count). The Balaban J connectivity index is 2.41. The summed E-state index contributed by atoms with van der Waals surface area (Å²) in [5.41, 5.74) is 0.129. The van der Waals surface area contributed by atoms with Crippen LogP contribution in [-0.2, 0) is 5.41 Å². The van der Waals surface area contributed by atoms with E-state index in [0.29, 0.717) is 5.92 Å². The van der Waals surface area contributed by atoms with Gasteiger partial charge in [0.25, 0.3) is 0 Å². The lowest BCUT2D eigenvalue weighted by atomic mass is 9.91. The molecule has 0 bridgehead atoms. The van der Waals surface area contributed by atoms with Crippen LogP contribution in [0.3, 0.4) is 0 Å². The van der Waals surface area contributed by atoms with Crippen molar-refractivity contribution in [1.82, 2.24) is 10.6 Å². The first-order valence-corrected chi connectivity index (χ1v) is 7.82. The van der Waals surface area contributed by atoms with Crippen molar-refractivity contribution in [3.05, 3.63) is 22.4 Å². The Kier molecular flexibility index (Phi) is 6.35. The van der Waals surface area contributed by atoms with Gasteiger partial charge in [-0.3, -0.25) is 4.99 Å². The Hall–Kier alpha value is -1.03. The van der Waals surface area contributed by atoms with Crippen molar-refractivity contribution in [2.24, 2.45) is 10.9 Å². The lowest BCUT2D eigenvalue weighted by Gasteiger charge is -2.25. The van der Waals surface area contributed by atoms with Crippen molar-refractivity contribution >= 4 is 17.3 Å². The number of hydrogen-bond donors (Lipinski definition) is 2. The molecule has 0 aliphatic heterocycles. The maximum absolute atomic E-state index is 4.27. The molecule has 3 nitrogen and oxygen atoms in total. The number of nitrogens with one attached hydrogen (secondary N) is 2. The molecule has 0 atom stereocenters. The first kappa shape index (κ1) is 16.0. The van der Waals surface area contributed by atoms with Gasteiger partial charge in [-0.25, -0.2) is 0 Å². The summed E-state index contributed by atoms with van der Waals surface area (Å²) in [5.74, 6) is 1.61. The maximum atomic E-state index is 4.27. The Labute approximate surface area is 121 Å². The molecule has 0 fully saturated rings. The van der Waals surface area contributed by atoms with Gasteiger partial charge in [0.2, 0.25) is 0 Å². The number of rotatable bonds is 6. The van der Waals surface area contributed by atoms with Gasteiger partial charge in [0.1, 0.15) is 0 Å². The third-order valence-corrected chi connectivity index (χ3v) is 4.36. The molecule has 0 amide bonds. The minimum atomic E-state index is 0.129. The second-order valence-electron chi connectivity index (χ2n) is 5.90. The molecule has 0 saturated carbocycles. The predicted molar refractivity (Wildman–Crippen MR) is 86.2 cm³/mol. The van der Waals surface area contributed by atoms with Gasteiger partial charge in [-0.1, -0.05) is 33.8 Å². The minimum Gasteiger partial charge on any atom is -0.356 e. The van der Waals surface area contributed by atoms with Crippen LogP contribution < -0.4 is 10.6 Å². The van der Waals surface area contributed by atoms with E-state index in [4.69, 9.17) is 0 Å². The van der Waals surface area contributed by atoms with Crippen molar-refractivity contribution in [3.8, 4) is 0 Å². The molecule has 108 valence electrons. The molecule has 0 aliphatic rings. The van der Waals surface area contributed by atoms with Gasteiger partial charge < -0.3 is 10.6 Å². The molecule has 0 aliphatic carbocycles. The van der Waals surface area contributed by atoms with E-state index < -0.39 is 0 Å². The van der Waals surface area contributed by atoms with Gasteiger partial charge in [-0.05, 0) is 23.8 Å². The van der Waals surface area contributed by atoms with E-state index in [2.05, 4.69) is 60.8 Å². The average molecular weight is 281 g/mol. The van der Waals surface area contributed by atoms with E-state index >= 15 is 0 Å². The van der Waals surface area contributed by atoms with E-state index in [1.54, 1.807) is 0 Å². The van der Waals surface area contributed by atoms with Gasteiger partial charge in [0, 0.05) is 30.4 Å². The first-order chi connectivity index (χ1) is 8.95. The molecule has 2 N–H and O–H groups in total. The van der Waals surface area contributed by atoms with Crippen LogP contribution in [0.2, 0.25) is 0 Å². The monoisotopic (exact) mass is 281 g/mol. The fourth-order valence-electron chi connectivity index (χ4n) is 1.76. The summed E-state index contributed by atoms with van der Waals surface area (Å²) in [5, 5.41) is 8.91. The second kappa shape index (κ2) is 7.53. The van der Waals surface area contributed by atoms with Crippen molar-refractivity contribution in [2.45, 2.75) is 39.5 Å². The minimum absolute atomic E-state index is 0.129. The molecule has 19 heavy (non-hydrogen) atoms. The van der Waals surface area contributed by atoms with Crippen LogP contribution in [0, 0.1) is 5.92 Å². The van der Waals surface area contributed by atoms with Crippen molar-refractivity contribution in [1.29, 1.82) is 0 Å². The molecular formula is C15H27N3S. The maximum Gasteiger partial charge on any atom is 0.191 e. The number of guanidine groups is 1. The molecule has 1 aromatic rings. The van der Waals surface area contributed by atoms with E-state index in [9.17, 15) is 0 Å². The zero-order valence-corrected chi connectivity index (χ0v) is 13.6. The third kappa shape index (κ3) is 5.64. The number of nitrogens with zero attached hydrogens (tertiary/aromatic N) is 1. The Morgan fingerprint density at radius 3 is 2.63 bits per heavy atom. The van der Waals surface area contributed by atoms with Crippen LogP contribution in [0.15, 0.2) is 22.5 Å². The summed E-state index contributed by atoms with van der Waals surface area (Å²) in [7, 11) is 1.82. The highest BCUT2D eigenvalue weighted by atomic mass is 32.1.